The molecule has 1 aromatic carbocycles. The number of hydrogen-bond donors (Lipinski definition) is 1. The van der Waals surface area contributed by atoms with E-state index in [1.165, 1.54) is 10.5 Å². The summed E-state index contributed by atoms with van der Waals surface area (Å²) in [5, 5.41) is 4.18. The highest BCUT2D eigenvalue weighted by Crippen LogP contribution is 2.37. The fourth-order valence-electron chi connectivity index (χ4n) is 1.92. The van der Waals surface area contributed by atoms with Gasteiger partial charge in [-0.1, -0.05) is 0 Å². The van der Waals surface area contributed by atoms with Crippen molar-refractivity contribution in [3.8, 4) is 16.9 Å². The quantitative estimate of drug-likeness (QED) is 0.865. The molecule has 2 rings (SSSR count). The fourth-order valence-corrected chi connectivity index (χ4v) is 2.53. The molecule has 0 saturated heterocycles. The van der Waals surface area contributed by atoms with Crippen LogP contribution in [0.4, 0.5) is 5.82 Å². The molecule has 2 N–H and O–H groups in total. The summed E-state index contributed by atoms with van der Waals surface area (Å²) in [4.78, 5) is 1.22. The second kappa shape index (κ2) is 4.94. The molecule has 0 bridgehead atoms. The van der Waals surface area contributed by atoms with Gasteiger partial charge in [-0.25, -0.2) is 0 Å². The second-order valence-electron chi connectivity index (χ2n) is 4.09. The van der Waals surface area contributed by atoms with Gasteiger partial charge in [0.25, 0.3) is 0 Å². The Morgan fingerprint density at radius 1 is 1.33 bits per heavy atom. The van der Waals surface area contributed by atoms with Crippen LogP contribution < -0.4 is 10.5 Å². The van der Waals surface area contributed by atoms with E-state index < -0.39 is 0 Å². The molecule has 0 fully saturated rings. The molecule has 0 saturated carbocycles. The number of aryl methyl sites for hydroxylation is 2. The summed E-state index contributed by atoms with van der Waals surface area (Å²) in [5.74, 6) is 1.47. The van der Waals surface area contributed by atoms with Crippen LogP contribution in [0, 0.1) is 6.92 Å². The molecule has 0 atom stereocenters. The molecule has 0 aliphatic rings. The largest absolute Gasteiger partial charge is 0.496 e. The summed E-state index contributed by atoms with van der Waals surface area (Å²) in [6.07, 6.45) is 3.83. The first-order valence-electron chi connectivity index (χ1n) is 5.59. The molecule has 5 heteroatoms. The Morgan fingerprint density at radius 3 is 2.56 bits per heavy atom. The van der Waals surface area contributed by atoms with Crippen LogP contribution in [0.3, 0.4) is 0 Å². The van der Waals surface area contributed by atoms with Crippen molar-refractivity contribution in [1.29, 1.82) is 0 Å². The third-order valence-electron chi connectivity index (χ3n) is 2.99. The van der Waals surface area contributed by atoms with Crippen LogP contribution >= 0.6 is 11.8 Å². The van der Waals surface area contributed by atoms with Gasteiger partial charge in [-0.15, -0.1) is 11.8 Å². The van der Waals surface area contributed by atoms with E-state index in [-0.39, 0.29) is 0 Å². The third kappa shape index (κ3) is 2.06. The van der Waals surface area contributed by atoms with Crippen molar-refractivity contribution in [2.24, 2.45) is 7.05 Å². The number of anilines is 1. The first kappa shape index (κ1) is 12.8. The van der Waals surface area contributed by atoms with Crippen LogP contribution in [-0.2, 0) is 7.05 Å². The maximum atomic E-state index is 6.03. The number of benzene rings is 1. The Labute approximate surface area is 111 Å². The van der Waals surface area contributed by atoms with Gasteiger partial charge in [-0.3, -0.25) is 4.68 Å². The van der Waals surface area contributed by atoms with E-state index in [0.717, 1.165) is 16.9 Å². The van der Waals surface area contributed by atoms with Gasteiger partial charge in [0.15, 0.2) is 0 Å². The molecule has 0 radical (unpaired) electrons. The molecule has 0 unspecified atom stereocenters. The van der Waals surface area contributed by atoms with Gasteiger partial charge < -0.3 is 10.5 Å². The monoisotopic (exact) mass is 263 g/mol. The van der Waals surface area contributed by atoms with Crippen molar-refractivity contribution in [3.63, 3.8) is 0 Å². The summed E-state index contributed by atoms with van der Waals surface area (Å²) in [6.45, 7) is 2.07. The van der Waals surface area contributed by atoms with Crippen molar-refractivity contribution < 1.29 is 4.74 Å². The maximum Gasteiger partial charge on any atom is 0.129 e. The molecule has 0 aliphatic heterocycles. The van der Waals surface area contributed by atoms with Crippen LogP contribution in [0.1, 0.15) is 5.56 Å². The number of nitrogen functional groups attached to an aromatic ring is 1. The van der Waals surface area contributed by atoms with Gasteiger partial charge in [0, 0.05) is 23.1 Å². The minimum atomic E-state index is 0.643. The zero-order chi connectivity index (χ0) is 13.3. The molecule has 18 heavy (non-hydrogen) atoms. The van der Waals surface area contributed by atoms with Gasteiger partial charge in [0.05, 0.1) is 13.3 Å². The average molecular weight is 263 g/mol. The van der Waals surface area contributed by atoms with Gasteiger partial charge in [-0.2, -0.15) is 5.10 Å². The van der Waals surface area contributed by atoms with Gasteiger partial charge >= 0.3 is 0 Å². The number of nitrogens with zero attached hydrogens (tertiary/aromatic N) is 2. The predicted molar refractivity (Wildman–Crippen MR) is 76.1 cm³/mol. The van der Waals surface area contributed by atoms with E-state index in [9.17, 15) is 0 Å². The van der Waals surface area contributed by atoms with E-state index in [1.807, 2.05) is 13.1 Å². The first-order chi connectivity index (χ1) is 8.58. The Morgan fingerprint density at radius 2 is 2.06 bits per heavy atom. The maximum absolute atomic E-state index is 6.03. The van der Waals surface area contributed by atoms with Crippen LogP contribution in [0.15, 0.2) is 23.2 Å². The number of methoxy groups -OCH3 is 1. The van der Waals surface area contributed by atoms with Crippen molar-refractivity contribution in [1.82, 2.24) is 9.78 Å². The minimum Gasteiger partial charge on any atom is -0.496 e. The lowest BCUT2D eigenvalue weighted by molar-refractivity contribution is 0.416. The summed E-state index contributed by atoms with van der Waals surface area (Å²) in [7, 11) is 3.50. The molecule has 4 nitrogen and oxygen atoms in total. The van der Waals surface area contributed by atoms with E-state index in [0.29, 0.717) is 5.82 Å². The topological polar surface area (TPSA) is 53.1 Å². The highest BCUT2D eigenvalue weighted by Gasteiger charge is 2.14. The molecule has 0 aliphatic carbocycles. The summed E-state index contributed by atoms with van der Waals surface area (Å²) >= 11 is 1.71. The van der Waals surface area contributed by atoms with Gasteiger partial charge in [0.1, 0.15) is 11.6 Å². The summed E-state index contributed by atoms with van der Waals surface area (Å²) < 4.78 is 7.10. The molecule has 2 aromatic rings. The summed E-state index contributed by atoms with van der Waals surface area (Å²) in [6, 6.07) is 4.14. The first-order valence-corrected chi connectivity index (χ1v) is 6.81. The van der Waals surface area contributed by atoms with E-state index in [1.54, 1.807) is 29.8 Å². The number of thioether (sulfide) groups is 1. The van der Waals surface area contributed by atoms with Crippen molar-refractivity contribution >= 4 is 17.6 Å². The van der Waals surface area contributed by atoms with E-state index in [4.69, 9.17) is 10.5 Å². The highest BCUT2D eigenvalue weighted by atomic mass is 32.2. The predicted octanol–water partition coefficient (Wildman–Crippen LogP) is 2.71. The molecule has 0 spiro atoms. The smallest absolute Gasteiger partial charge is 0.129 e. The van der Waals surface area contributed by atoms with Gasteiger partial charge in [0.2, 0.25) is 0 Å². The highest BCUT2D eigenvalue weighted by molar-refractivity contribution is 7.98. The standard InChI is InChI=1S/C13H17N3OS/c1-8-5-11(17-3)9(6-12(8)18-4)10-7-15-16(2)13(10)14/h5-7H,14H2,1-4H3. The van der Waals surface area contributed by atoms with Crippen LogP contribution in [0.25, 0.3) is 11.1 Å². The Hall–Kier alpha value is -1.62. The zero-order valence-corrected chi connectivity index (χ0v) is 11.8. The molecule has 1 heterocycles. The lowest BCUT2D eigenvalue weighted by atomic mass is 10.1. The van der Waals surface area contributed by atoms with Gasteiger partial charge in [-0.05, 0) is 30.9 Å². The lowest BCUT2D eigenvalue weighted by Crippen LogP contribution is -1.99. The van der Waals surface area contributed by atoms with Crippen molar-refractivity contribution in [2.75, 3.05) is 19.1 Å². The molecule has 0 amide bonds. The van der Waals surface area contributed by atoms with Crippen molar-refractivity contribution in [2.45, 2.75) is 11.8 Å². The normalized spacial score (nSPS) is 10.7. The Kier molecular flexibility index (Phi) is 3.52. The molecule has 1 aromatic heterocycles. The number of hydrogen-bond acceptors (Lipinski definition) is 4. The SMILES string of the molecule is COc1cc(C)c(SC)cc1-c1cnn(C)c1N. The molecular weight excluding hydrogens is 246 g/mol. The van der Waals surface area contributed by atoms with E-state index >= 15 is 0 Å². The summed E-state index contributed by atoms with van der Waals surface area (Å²) in [5.41, 5.74) is 9.12. The number of nitrogens with two attached hydrogens (primary N) is 1. The lowest BCUT2D eigenvalue weighted by Gasteiger charge is -2.12. The van der Waals surface area contributed by atoms with Crippen LogP contribution in [0.2, 0.25) is 0 Å². The third-order valence-corrected chi connectivity index (χ3v) is 3.87. The fraction of sp³-hybridized carbons (Fsp3) is 0.308. The second-order valence-corrected chi connectivity index (χ2v) is 4.94. The number of rotatable bonds is 3. The average Bonchev–Trinajstić information content (AvgIpc) is 2.70. The Bertz CT molecular complexity index is 578. The molecular formula is C13H17N3OS. The molecule has 96 valence electrons. The number of aromatic nitrogens is 2. The Balaban J connectivity index is 2.65. The number of ether oxygens (including phenoxy) is 1. The zero-order valence-electron chi connectivity index (χ0n) is 11.0. The van der Waals surface area contributed by atoms with Crippen LogP contribution in [-0.4, -0.2) is 23.1 Å². The minimum absolute atomic E-state index is 0.643. The van der Waals surface area contributed by atoms with Crippen molar-refractivity contribution in [3.05, 3.63) is 23.9 Å². The van der Waals surface area contributed by atoms with E-state index in [2.05, 4.69) is 24.3 Å². The van der Waals surface area contributed by atoms with Crippen LogP contribution in [0.5, 0.6) is 5.75 Å².